The van der Waals surface area contributed by atoms with Gasteiger partial charge in [0.25, 0.3) is 0 Å². The Morgan fingerprint density at radius 1 is 1.41 bits per heavy atom. The first-order valence-electron chi connectivity index (χ1n) is 5.11. The molecule has 0 bridgehead atoms. The monoisotopic (exact) mass is 300 g/mol. The zero-order chi connectivity index (χ0) is 10.8. The zero-order valence-electron chi connectivity index (χ0n) is 9.45. The minimum absolute atomic E-state index is 0. The maximum absolute atomic E-state index is 13.0. The SMILES string of the molecule is CC1CNCCN1c1ccc(F)c(Cl)c1.Cl.Cl. The highest BCUT2D eigenvalue weighted by atomic mass is 35.5. The van der Waals surface area contributed by atoms with Crippen molar-refractivity contribution in [2.24, 2.45) is 0 Å². The van der Waals surface area contributed by atoms with Crippen molar-refractivity contribution in [2.75, 3.05) is 24.5 Å². The highest BCUT2D eigenvalue weighted by molar-refractivity contribution is 6.31. The van der Waals surface area contributed by atoms with Crippen molar-refractivity contribution in [3.8, 4) is 0 Å². The third kappa shape index (κ3) is 3.88. The molecule has 1 atom stereocenters. The molecule has 1 aromatic carbocycles. The lowest BCUT2D eigenvalue weighted by Crippen LogP contribution is -2.49. The van der Waals surface area contributed by atoms with Crippen molar-refractivity contribution in [1.82, 2.24) is 5.32 Å². The molecule has 1 saturated heterocycles. The zero-order valence-corrected chi connectivity index (χ0v) is 11.8. The highest BCUT2D eigenvalue weighted by Crippen LogP contribution is 2.24. The first kappa shape index (κ1) is 16.8. The van der Waals surface area contributed by atoms with Gasteiger partial charge in [0, 0.05) is 31.4 Å². The Kier molecular flexibility index (Phi) is 7.17. The van der Waals surface area contributed by atoms with Gasteiger partial charge >= 0.3 is 0 Å². The number of nitrogens with one attached hydrogen (secondary N) is 1. The van der Waals surface area contributed by atoms with Crippen LogP contribution in [0.25, 0.3) is 0 Å². The van der Waals surface area contributed by atoms with Gasteiger partial charge in [-0.1, -0.05) is 11.6 Å². The fourth-order valence-electron chi connectivity index (χ4n) is 1.89. The molecule has 1 unspecified atom stereocenters. The van der Waals surface area contributed by atoms with E-state index < -0.39 is 0 Å². The molecule has 98 valence electrons. The van der Waals surface area contributed by atoms with Crippen LogP contribution >= 0.6 is 36.4 Å². The predicted octanol–water partition coefficient (Wildman–Crippen LogP) is 3.12. The maximum atomic E-state index is 13.0. The fraction of sp³-hybridized carbons (Fsp3) is 0.455. The first-order chi connectivity index (χ1) is 7.18. The van der Waals surface area contributed by atoms with E-state index in [1.165, 1.54) is 6.07 Å². The van der Waals surface area contributed by atoms with E-state index in [1.807, 2.05) is 0 Å². The van der Waals surface area contributed by atoms with Crippen LogP contribution < -0.4 is 10.2 Å². The molecule has 0 saturated carbocycles. The number of nitrogens with zero attached hydrogens (tertiary/aromatic N) is 1. The van der Waals surface area contributed by atoms with Crippen LogP contribution in [0.15, 0.2) is 18.2 Å². The van der Waals surface area contributed by atoms with Gasteiger partial charge in [-0.25, -0.2) is 4.39 Å². The Morgan fingerprint density at radius 2 is 2.12 bits per heavy atom. The second kappa shape index (κ2) is 7.27. The molecule has 17 heavy (non-hydrogen) atoms. The molecule has 2 nitrogen and oxygen atoms in total. The lowest BCUT2D eigenvalue weighted by Gasteiger charge is -2.36. The van der Waals surface area contributed by atoms with E-state index in [4.69, 9.17) is 11.6 Å². The molecule has 0 aliphatic carbocycles. The molecular weight excluding hydrogens is 285 g/mol. The molecule has 1 heterocycles. The van der Waals surface area contributed by atoms with Crippen LogP contribution in [-0.2, 0) is 0 Å². The Bertz CT molecular complexity index is 363. The average Bonchev–Trinajstić information content (AvgIpc) is 2.23. The summed E-state index contributed by atoms with van der Waals surface area (Å²) in [4.78, 5) is 2.24. The number of piperazine rings is 1. The lowest BCUT2D eigenvalue weighted by atomic mass is 10.2. The molecule has 0 radical (unpaired) electrons. The summed E-state index contributed by atoms with van der Waals surface area (Å²) < 4.78 is 13.0. The van der Waals surface area contributed by atoms with Crippen LogP contribution in [0.2, 0.25) is 5.02 Å². The molecule has 6 heteroatoms. The number of halogens is 4. The minimum Gasteiger partial charge on any atom is -0.366 e. The van der Waals surface area contributed by atoms with E-state index in [1.54, 1.807) is 12.1 Å². The largest absolute Gasteiger partial charge is 0.366 e. The molecule has 2 rings (SSSR count). The smallest absolute Gasteiger partial charge is 0.141 e. The number of rotatable bonds is 1. The van der Waals surface area contributed by atoms with Gasteiger partial charge in [-0.2, -0.15) is 0 Å². The van der Waals surface area contributed by atoms with Crippen LogP contribution in [0.4, 0.5) is 10.1 Å². The number of hydrogen-bond acceptors (Lipinski definition) is 2. The van der Waals surface area contributed by atoms with E-state index >= 15 is 0 Å². The summed E-state index contributed by atoms with van der Waals surface area (Å²) in [7, 11) is 0. The predicted molar refractivity (Wildman–Crippen MR) is 75.6 cm³/mol. The third-order valence-electron chi connectivity index (χ3n) is 2.74. The fourth-order valence-corrected chi connectivity index (χ4v) is 2.06. The van der Waals surface area contributed by atoms with Gasteiger partial charge < -0.3 is 10.2 Å². The van der Waals surface area contributed by atoms with Gasteiger partial charge in [-0.15, -0.1) is 24.8 Å². The summed E-state index contributed by atoms with van der Waals surface area (Å²) in [6.07, 6.45) is 0. The van der Waals surface area contributed by atoms with Crippen molar-refractivity contribution < 1.29 is 4.39 Å². The average molecular weight is 302 g/mol. The summed E-state index contributed by atoms with van der Waals surface area (Å²) >= 11 is 5.76. The van der Waals surface area contributed by atoms with Gasteiger partial charge in [0.2, 0.25) is 0 Å². The Morgan fingerprint density at radius 3 is 2.71 bits per heavy atom. The number of hydrogen-bond donors (Lipinski definition) is 1. The van der Waals surface area contributed by atoms with Crippen LogP contribution in [0.1, 0.15) is 6.92 Å². The van der Waals surface area contributed by atoms with Gasteiger partial charge in [-0.05, 0) is 25.1 Å². The summed E-state index contributed by atoms with van der Waals surface area (Å²) in [6.45, 7) is 4.99. The quantitative estimate of drug-likeness (QED) is 0.857. The molecule has 0 aromatic heterocycles. The normalized spacial score (nSPS) is 19.2. The summed E-state index contributed by atoms with van der Waals surface area (Å²) in [5, 5.41) is 3.50. The van der Waals surface area contributed by atoms with Gasteiger partial charge in [0.15, 0.2) is 0 Å². The molecule has 0 amide bonds. The Labute approximate surface area is 118 Å². The number of anilines is 1. The van der Waals surface area contributed by atoms with E-state index in [0.717, 1.165) is 25.3 Å². The van der Waals surface area contributed by atoms with E-state index in [9.17, 15) is 4.39 Å². The van der Waals surface area contributed by atoms with Crippen LogP contribution in [0, 0.1) is 5.82 Å². The molecule has 1 fully saturated rings. The van der Waals surface area contributed by atoms with Crippen molar-refractivity contribution >= 4 is 42.1 Å². The summed E-state index contributed by atoms with van der Waals surface area (Å²) in [5.74, 6) is -0.358. The van der Waals surface area contributed by atoms with Gasteiger partial charge in [0.05, 0.1) is 5.02 Å². The molecule has 1 N–H and O–H groups in total. The second-order valence-electron chi connectivity index (χ2n) is 3.84. The summed E-state index contributed by atoms with van der Waals surface area (Å²) in [5.41, 5.74) is 0.996. The Balaban J connectivity index is 0.00000128. The van der Waals surface area contributed by atoms with Crippen LogP contribution in [0.3, 0.4) is 0 Å². The van der Waals surface area contributed by atoms with E-state index in [2.05, 4.69) is 17.1 Å². The van der Waals surface area contributed by atoms with E-state index in [-0.39, 0.29) is 35.7 Å². The molecule has 1 aromatic rings. The Hall–Kier alpha value is -0.220. The maximum Gasteiger partial charge on any atom is 0.141 e. The first-order valence-corrected chi connectivity index (χ1v) is 5.48. The van der Waals surface area contributed by atoms with Crippen molar-refractivity contribution in [1.29, 1.82) is 0 Å². The highest BCUT2D eigenvalue weighted by Gasteiger charge is 2.18. The van der Waals surface area contributed by atoms with E-state index in [0.29, 0.717) is 6.04 Å². The topological polar surface area (TPSA) is 15.3 Å². The second-order valence-corrected chi connectivity index (χ2v) is 4.25. The standard InChI is InChI=1S/C11H14ClFN2.2ClH/c1-8-7-14-4-5-15(8)9-2-3-11(13)10(12)6-9;;/h2-3,6,8,14H,4-5,7H2,1H3;2*1H. The van der Waals surface area contributed by atoms with Crippen molar-refractivity contribution in [3.63, 3.8) is 0 Å². The van der Waals surface area contributed by atoms with Gasteiger partial charge in [-0.3, -0.25) is 0 Å². The number of benzene rings is 1. The molecular formula is C11H16Cl3FN2. The van der Waals surface area contributed by atoms with Crippen molar-refractivity contribution in [3.05, 3.63) is 29.0 Å². The lowest BCUT2D eigenvalue weighted by molar-refractivity contribution is 0.500. The third-order valence-corrected chi connectivity index (χ3v) is 3.03. The van der Waals surface area contributed by atoms with Crippen LogP contribution in [0.5, 0.6) is 0 Å². The van der Waals surface area contributed by atoms with Crippen LogP contribution in [-0.4, -0.2) is 25.7 Å². The summed E-state index contributed by atoms with van der Waals surface area (Å²) in [6, 6.07) is 5.31. The molecule has 0 spiro atoms. The van der Waals surface area contributed by atoms with Gasteiger partial charge in [0.1, 0.15) is 5.82 Å². The molecule has 1 aliphatic rings. The van der Waals surface area contributed by atoms with Crippen molar-refractivity contribution in [2.45, 2.75) is 13.0 Å². The minimum atomic E-state index is -0.358. The molecule has 1 aliphatic heterocycles.